The molecule has 1 N–H and O–H groups in total. The molecule has 100 valence electrons. The third-order valence-electron chi connectivity index (χ3n) is 2.89. The summed E-state index contributed by atoms with van der Waals surface area (Å²) in [5, 5.41) is 3.34. The van der Waals surface area contributed by atoms with E-state index in [2.05, 4.69) is 15.3 Å². The quantitative estimate of drug-likeness (QED) is 0.897. The van der Waals surface area contributed by atoms with E-state index in [1.165, 1.54) is 6.07 Å². The molecule has 0 radical (unpaired) electrons. The van der Waals surface area contributed by atoms with Gasteiger partial charge in [-0.15, -0.1) is 0 Å². The van der Waals surface area contributed by atoms with Crippen LogP contribution < -0.4 is 5.32 Å². The average molecular weight is 259 g/mol. The fourth-order valence-electron chi connectivity index (χ4n) is 1.98. The Bertz CT molecular complexity index is 525. The van der Waals surface area contributed by atoms with Crippen LogP contribution in [0.2, 0.25) is 0 Å². The Morgan fingerprint density at radius 1 is 1.26 bits per heavy atom. The van der Waals surface area contributed by atoms with Crippen molar-refractivity contribution < 1.29 is 4.39 Å². The molecule has 2 aromatic rings. The van der Waals surface area contributed by atoms with Crippen molar-refractivity contribution in [2.24, 2.45) is 0 Å². The average Bonchev–Trinajstić information content (AvgIpc) is 2.39. The molecule has 0 bridgehead atoms. The second kappa shape index (κ2) is 6.38. The fourth-order valence-corrected chi connectivity index (χ4v) is 1.98. The van der Waals surface area contributed by atoms with Gasteiger partial charge in [-0.2, -0.15) is 0 Å². The predicted molar refractivity (Wildman–Crippen MR) is 73.3 cm³/mol. The summed E-state index contributed by atoms with van der Waals surface area (Å²) < 4.78 is 13.2. The summed E-state index contributed by atoms with van der Waals surface area (Å²) in [6.45, 7) is 4.81. The number of hydrogen-bond donors (Lipinski definition) is 1. The molecule has 0 saturated heterocycles. The number of rotatable bonds is 5. The topological polar surface area (TPSA) is 37.8 Å². The van der Waals surface area contributed by atoms with Crippen molar-refractivity contribution in [2.75, 3.05) is 6.54 Å². The van der Waals surface area contributed by atoms with Crippen molar-refractivity contribution in [3.8, 4) is 0 Å². The van der Waals surface area contributed by atoms with E-state index in [4.69, 9.17) is 0 Å². The van der Waals surface area contributed by atoms with Crippen molar-refractivity contribution in [2.45, 2.75) is 26.3 Å². The number of aromatic nitrogens is 2. The lowest BCUT2D eigenvalue weighted by Crippen LogP contribution is -2.25. The maximum Gasteiger partial charge on any atom is 0.145 e. The van der Waals surface area contributed by atoms with Gasteiger partial charge in [-0.05, 0) is 43.1 Å². The Morgan fingerprint density at radius 2 is 2.00 bits per heavy atom. The van der Waals surface area contributed by atoms with Crippen molar-refractivity contribution in [1.82, 2.24) is 15.3 Å². The highest BCUT2D eigenvalue weighted by atomic mass is 19.1. The van der Waals surface area contributed by atoms with E-state index in [1.54, 1.807) is 24.5 Å². The van der Waals surface area contributed by atoms with Gasteiger partial charge in [0.05, 0.1) is 6.04 Å². The van der Waals surface area contributed by atoms with Crippen LogP contribution in [0.15, 0.2) is 36.7 Å². The number of nitrogens with one attached hydrogen (secondary N) is 1. The number of nitrogens with zero attached hydrogens (tertiary/aromatic N) is 2. The van der Waals surface area contributed by atoms with Crippen molar-refractivity contribution in [1.29, 1.82) is 0 Å². The van der Waals surface area contributed by atoms with Gasteiger partial charge in [0.1, 0.15) is 11.6 Å². The standard InChI is InChI=1S/C15H18FN3/c1-3-17-14(15-18-9-11(2)10-19-15)8-12-5-4-6-13(16)7-12/h4-7,9-10,14,17H,3,8H2,1-2H3. The van der Waals surface area contributed by atoms with Crippen LogP contribution in [0.3, 0.4) is 0 Å². The molecule has 2 rings (SSSR count). The minimum absolute atomic E-state index is 0.00685. The maximum atomic E-state index is 13.2. The molecule has 0 saturated carbocycles. The summed E-state index contributed by atoms with van der Waals surface area (Å²) in [5.41, 5.74) is 1.97. The van der Waals surface area contributed by atoms with Crippen LogP contribution in [0, 0.1) is 12.7 Å². The van der Waals surface area contributed by atoms with E-state index in [-0.39, 0.29) is 11.9 Å². The Morgan fingerprint density at radius 3 is 2.63 bits per heavy atom. The lowest BCUT2D eigenvalue weighted by Gasteiger charge is -2.16. The van der Waals surface area contributed by atoms with Crippen LogP contribution in [0.4, 0.5) is 4.39 Å². The SMILES string of the molecule is CCNC(Cc1cccc(F)c1)c1ncc(C)cn1. The Kier molecular flexibility index (Phi) is 4.58. The number of aryl methyl sites for hydroxylation is 1. The summed E-state index contributed by atoms with van der Waals surface area (Å²) in [6, 6.07) is 6.66. The summed E-state index contributed by atoms with van der Waals surface area (Å²) >= 11 is 0. The van der Waals surface area contributed by atoms with E-state index < -0.39 is 0 Å². The van der Waals surface area contributed by atoms with Gasteiger partial charge < -0.3 is 5.32 Å². The van der Waals surface area contributed by atoms with Crippen LogP contribution in [0.1, 0.15) is 29.9 Å². The van der Waals surface area contributed by atoms with Crippen LogP contribution in [-0.4, -0.2) is 16.5 Å². The zero-order valence-electron chi connectivity index (χ0n) is 11.2. The molecular weight excluding hydrogens is 241 g/mol. The van der Waals surface area contributed by atoms with Gasteiger partial charge in [0.15, 0.2) is 0 Å². The van der Waals surface area contributed by atoms with E-state index in [0.29, 0.717) is 6.42 Å². The van der Waals surface area contributed by atoms with Crippen molar-refractivity contribution in [3.63, 3.8) is 0 Å². The molecule has 3 nitrogen and oxygen atoms in total. The first-order valence-electron chi connectivity index (χ1n) is 6.45. The normalized spacial score (nSPS) is 12.4. The fraction of sp³-hybridized carbons (Fsp3) is 0.333. The molecule has 1 unspecified atom stereocenters. The molecule has 1 aromatic heterocycles. The first-order valence-corrected chi connectivity index (χ1v) is 6.45. The Labute approximate surface area is 112 Å². The highest BCUT2D eigenvalue weighted by Crippen LogP contribution is 2.15. The minimum Gasteiger partial charge on any atom is -0.307 e. The molecule has 0 aliphatic carbocycles. The summed E-state index contributed by atoms with van der Waals surface area (Å²) in [5.74, 6) is 0.536. The zero-order chi connectivity index (χ0) is 13.7. The molecular formula is C15H18FN3. The Balaban J connectivity index is 2.18. The van der Waals surface area contributed by atoms with Gasteiger partial charge in [0, 0.05) is 12.4 Å². The van der Waals surface area contributed by atoms with Gasteiger partial charge in [-0.3, -0.25) is 0 Å². The van der Waals surface area contributed by atoms with Crippen LogP contribution in [0.5, 0.6) is 0 Å². The van der Waals surface area contributed by atoms with Gasteiger partial charge >= 0.3 is 0 Å². The van der Waals surface area contributed by atoms with E-state index in [9.17, 15) is 4.39 Å². The molecule has 0 spiro atoms. The van der Waals surface area contributed by atoms with Crippen LogP contribution in [0.25, 0.3) is 0 Å². The lowest BCUT2D eigenvalue weighted by atomic mass is 10.0. The van der Waals surface area contributed by atoms with Gasteiger partial charge in [-0.25, -0.2) is 14.4 Å². The summed E-state index contributed by atoms with van der Waals surface area (Å²) in [7, 11) is 0. The molecule has 0 amide bonds. The van der Waals surface area contributed by atoms with Crippen LogP contribution in [-0.2, 0) is 6.42 Å². The second-order valence-corrected chi connectivity index (χ2v) is 4.56. The molecule has 1 heterocycles. The van der Waals surface area contributed by atoms with Crippen LogP contribution >= 0.6 is 0 Å². The molecule has 0 fully saturated rings. The highest BCUT2D eigenvalue weighted by Gasteiger charge is 2.14. The molecule has 1 atom stereocenters. The second-order valence-electron chi connectivity index (χ2n) is 4.56. The third-order valence-corrected chi connectivity index (χ3v) is 2.89. The zero-order valence-corrected chi connectivity index (χ0v) is 11.2. The number of benzene rings is 1. The molecule has 0 aliphatic rings. The number of hydrogen-bond acceptors (Lipinski definition) is 3. The van der Waals surface area contributed by atoms with Gasteiger partial charge in [0.25, 0.3) is 0 Å². The summed E-state index contributed by atoms with van der Waals surface area (Å²) in [4.78, 5) is 8.70. The van der Waals surface area contributed by atoms with E-state index >= 15 is 0 Å². The molecule has 1 aromatic carbocycles. The Hall–Kier alpha value is -1.81. The first-order chi connectivity index (χ1) is 9.19. The summed E-state index contributed by atoms with van der Waals surface area (Å²) in [6.07, 6.45) is 4.28. The van der Waals surface area contributed by atoms with E-state index in [0.717, 1.165) is 23.5 Å². The van der Waals surface area contributed by atoms with Gasteiger partial charge in [0.2, 0.25) is 0 Å². The molecule has 0 aliphatic heterocycles. The van der Waals surface area contributed by atoms with E-state index in [1.807, 2.05) is 19.9 Å². The third kappa shape index (κ3) is 3.83. The number of halogens is 1. The minimum atomic E-state index is -0.211. The largest absolute Gasteiger partial charge is 0.307 e. The number of likely N-dealkylation sites (N-methyl/N-ethyl adjacent to an activating group) is 1. The predicted octanol–water partition coefficient (Wildman–Crippen LogP) is 2.82. The highest BCUT2D eigenvalue weighted by molar-refractivity contribution is 5.19. The monoisotopic (exact) mass is 259 g/mol. The lowest BCUT2D eigenvalue weighted by molar-refractivity contribution is 0.519. The maximum absolute atomic E-state index is 13.2. The smallest absolute Gasteiger partial charge is 0.145 e. The van der Waals surface area contributed by atoms with Crippen molar-refractivity contribution in [3.05, 3.63) is 59.4 Å². The van der Waals surface area contributed by atoms with Crippen molar-refractivity contribution >= 4 is 0 Å². The molecule has 19 heavy (non-hydrogen) atoms. The van der Waals surface area contributed by atoms with Gasteiger partial charge in [-0.1, -0.05) is 19.1 Å². The first kappa shape index (κ1) is 13.6. The molecule has 4 heteroatoms.